The summed E-state index contributed by atoms with van der Waals surface area (Å²) in [6.07, 6.45) is 0. The number of hydrogen-bond acceptors (Lipinski definition) is 2. The van der Waals surface area contributed by atoms with Crippen molar-refractivity contribution in [1.82, 2.24) is 10.2 Å². The molecule has 4 heteroatoms. The van der Waals surface area contributed by atoms with E-state index in [0.29, 0.717) is 23.7 Å². The number of hydrogen-bond donors (Lipinski definition) is 1. The number of nitrogens with zero attached hydrogens (tertiary/aromatic N) is 1. The molecule has 0 spiro atoms. The Labute approximate surface area is 120 Å². The summed E-state index contributed by atoms with van der Waals surface area (Å²) in [5.74, 6) is -0.292. The molecule has 0 aliphatic heterocycles. The molecule has 0 fully saturated rings. The van der Waals surface area contributed by atoms with Gasteiger partial charge in [0, 0.05) is 36.7 Å². The summed E-state index contributed by atoms with van der Waals surface area (Å²) >= 11 is 5.98. The molecule has 19 heavy (non-hydrogen) atoms. The maximum absolute atomic E-state index is 12.9. The number of nitrogens with one attached hydrogen (secondary N) is 1. The molecule has 108 valence electrons. The van der Waals surface area contributed by atoms with Crippen LogP contribution in [0.2, 0.25) is 5.02 Å². The zero-order valence-corrected chi connectivity index (χ0v) is 13.0. The molecule has 1 aromatic rings. The standard InChI is InChI=1S/C15H24ClFN2/c1-11(2)19(12(3)4)8-7-18-10-13-5-6-14(17)9-15(13)16/h5-6,9,11-12,18H,7-8,10H2,1-4H3. The van der Waals surface area contributed by atoms with Gasteiger partial charge in [-0.2, -0.15) is 0 Å². The molecule has 0 saturated carbocycles. The first-order valence-corrected chi connectivity index (χ1v) is 7.20. The highest BCUT2D eigenvalue weighted by Crippen LogP contribution is 2.16. The Morgan fingerprint density at radius 1 is 1.21 bits per heavy atom. The van der Waals surface area contributed by atoms with Crippen LogP contribution in [0.15, 0.2) is 18.2 Å². The van der Waals surface area contributed by atoms with Crippen molar-refractivity contribution in [3.63, 3.8) is 0 Å². The third kappa shape index (κ3) is 5.47. The molecule has 0 aliphatic carbocycles. The fourth-order valence-corrected chi connectivity index (χ4v) is 2.44. The van der Waals surface area contributed by atoms with Crippen molar-refractivity contribution in [2.24, 2.45) is 0 Å². The highest BCUT2D eigenvalue weighted by atomic mass is 35.5. The van der Waals surface area contributed by atoms with Crippen molar-refractivity contribution >= 4 is 11.6 Å². The lowest BCUT2D eigenvalue weighted by Crippen LogP contribution is -2.41. The SMILES string of the molecule is CC(C)N(CCNCc1ccc(F)cc1Cl)C(C)C. The van der Waals surface area contributed by atoms with E-state index in [4.69, 9.17) is 11.6 Å². The minimum Gasteiger partial charge on any atom is -0.311 e. The molecule has 1 rings (SSSR count). The summed E-state index contributed by atoms with van der Waals surface area (Å²) in [5, 5.41) is 3.84. The van der Waals surface area contributed by atoms with Gasteiger partial charge in [0.2, 0.25) is 0 Å². The van der Waals surface area contributed by atoms with Crippen molar-refractivity contribution in [3.05, 3.63) is 34.6 Å². The predicted octanol–water partition coefficient (Wildman–Crippen LogP) is 3.69. The zero-order chi connectivity index (χ0) is 14.4. The Balaban J connectivity index is 2.38. The van der Waals surface area contributed by atoms with E-state index in [1.54, 1.807) is 6.07 Å². The van der Waals surface area contributed by atoms with Gasteiger partial charge in [0.15, 0.2) is 0 Å². The van der Waals surface area contributed by atoms with Gasteiger partial charge in [0.1, 0.15) is 5.82 Å². The van der Waals surface area contributed by atoms with Crippen LogP contribution in [0.25, 0.3) is 0 Å². The van der Waals surface area contributed by atoms with E-state index in [0.717, 1.165) is 18.7 Å². The molecule has 0 unspecified atom stereocenters. The van der Waals surface area contributed by atoms with Gasteiger partial charge in [-0.3, -0.25) is 4.90 Å². The van der Waals surface area contributed by atoms with Crippen LogP contribution in [0.1, 0.15) is 33.3 Å². The van der Waals surface area contributed by atoms with Crippen molar-refractivity contribution in [2.45, 2.75) is 46.3 Å². The average molecular weight is 287 g/mol. The van der Waals surface area contributed by atoms with Crippen molar-refractivity contribution in [3.8, 4) is 0 Å². The lowest BCUT2D eigenvalue weighted by Gasteiger charge is -2.30. The molecule has 0 aliphatic rings. The van der Waals surface area contributed by atoms with Crippen LogP contribution in [0.3, 0.4) is 0 Å². The van der Waals surface area contributed by atoms with Gasteiger partial charge < -0.3 is 5.32 Å². The minimum atomic E-state index is -0.292. The molecule has 0 atom stereocenters. The molecule has 1 aromatic carbocycles. The quantitative estimate of drug-likeness (QED) is 0.769. The molecule has 0 aromatic heterocycles. The van der Waals surface area contributed by atoms with Gasteiger partial charge in [0.05, 0.1) is 0 Å². The van der Waals surface area contributed by atoms with Crippen LogP contribution in [-0.4, -0.2) is 30.1 Å². The monoisotopic (exact) mass is 286 g/mol. The average Bonchev–Trinajstić information content (AvgIpc) is 2.30. The van der Waals surface area contributed by atoms with Gasteiger partial charge in [-0.1, -0.05) is 17.7 Å². The summed E-state index contributed by atoms with van der Waals surface area (Å²) in [7, 11) is 0. The second kappa shape index (κ2) is 7.83. The summed E-state index contributed by atoms with van der Waals surface area (Å²) in [6, 6.07) is 5.60. The van der Waals surface area contributed by atoms with Crippen LogP contribution in [-0.2, 0) is 6.54 Å². The van der Waals surface area contributed by atoms with Crippen LogP contribution < -0.4 is 5.32 Å². The summed E-state index contributed by atoms with van der Waals surface area (Å²) in [4.78, 5) is 2.43. The third-order valence-electron chi connectivity index (χ3n) is 3.20. The summed E-state index contributed by atoms with van der Waals surface area (Å²) < 4.78 is 12.9. The lowest BCUT2D eigenvalue weighted by atomic mass is 10.2. The molecule has 0 heterocycles. The normalized spacial score (nSPS) is 11.8. The minimum absolute atomic E-state index is 0.292. The smallest absolute Gasteiger partial charge is 0.124 e. The molecule has 1 N–H and O–H groups in total. The molecule has 0 amide bonds. The van der Waals surface area contributed by atoms with E-state index in [9.17, 15) is 4.39 Å². The maximum Gasteiger partial charge on any atom is 0.124 e. The van der Waals surface area contributed by atoms with Crippen molar-refractivity contribution < 1.29 is 4.39 Å². The second-order valence-electron chi connectivity index (χ2n) is 5.34. The van der Waals surface area contributed by atoms with E-state index >= 15 is 0 Å². The fourth-order valence-electron chi connectivity index (χ4n) is 2.21. The van der Waals surface area contributed by atoms with E-state index in [1.165, 1.54) is 12.1 Å². The van der Waals surface area contributed by atoms with E-state index in [1.807, 2.05) is 0 Å². The first-order chi connectivity index (χ1) is 8.91. The molecule has 0 radical (unpaired) electrons. The first-order valence-electron chi connectivity index (χ1n) is 6.82. The van der Waals surface area contributed by atoms with Crippen LogP contribution in [0, 0.1) is 5.82 Å². The lowest BCUT2D eigenvalue weighted by molar-refractivity contribution is 0.176. The van der Waals surface area contributed by atoms with Gasteiger partial charge >= 0.3 is 0 Å². The van der Waals surface area contributed by atoms with Crippen molar-refractivity contribution in [2.75, 3.05) is 13.1 Å². The number of halogens is 2. The first kappa shape index (κ1) is 16.4. The molecular weight excluding hydrogens is 263 g/mol. The maximum atomic E-state index is 12.9. The Kier molecular flexibility index (Phi) is 6.76. The Morgan fingerprint density at radius 2 is 1.84 bits per heavy atom. The summed E-state index contributed by atoms with van der Waals surface area (Å²) in [6.45, 7) is 11.4. The second-order valence-corrected chi connectivity index (χ2v) is 5.75. The van der Waals surface area contributed by atoms with Crippen LogP contribution in [0.5, 0.6) is 0 Å². The molecule has 2 nitrogen and oxygen atoms in total. The fraction of sp³-hybridized carbons (Fsp3) is 0.600. The van der Waals surface area contributed by atoms with Gasteiger partial charge in [-0.05, 0) is 45.4 Å². The van der Waals surface area contributed by atoms with Gasteiger partial charge in [-0.25, -0.2) is 4.39 Å². The van der Waals surface area contributed by atoms with Crippen LogP contribution in [0.4, 0.5) is 4.39 Å². The Hall–Kier alpha value is -0.640. The summed E-state index contributed by atoms with van der Waals surface area (Å²) in [5.41, 5.74) is 0.934. The topological polar surface area (TPSA) is 15.3 Å². The highest BCUT2D eigenvalue weighted by molar-refractivity contribution is 6.31. The Morgan fingerprint density at radius 3 is 2.37 bits per heavy atom. The zero-order valence-electron chi connectivity index (χ0n) is 12.2. The van der Waals surface area contributed by atoms with Crippen molar-refractivity contribution in [1.29, 1.82) is 0 Å². The van der Waals surface area contributed by atoms with E-state index in [2.05, 4.69) is 37.9 Å². The van der Waals surface area contributed by atoms with Crippen LogP contribution >= 0.6 is 11.6 Å². The highest BCUT2D eigenvalue weighted by Gasteiger charge is 2.12. The number of benzene rings is 1. The third-order valence-corrected chi connectivity index (χ3v) is 3.56. The molecule has 0 saturated heterocycles. The van der Waals surface area contributed by atoms with Gasteiger partial charge in [-0.15, -0.1) is 0 Å². The molecule has 0 bridgehead atoms. The Bertz CT molecular complexity index is 386. The number of rotatable bonds is 7. The molecular formula is C15H24ClFN2. The predicted molar refractivity (Wildman–Crippen MR) is 80.1 cm³/mol. The van der Waals surface area contributed by atoms with Gasteiger partial charge in [0.25, 0.3) is 0 Å². The van der Waals surface area contributed by atoms with E-state index < -0.39 is 0 Å². The van der Waals surface area contributed by atoms with E-state index in [-0.39, 0.29) is 5.82 Å². The largest absolute Gasteiger partial charge is 0.311 e.